The van der Waals surface area contributed by atoms with Crippen LogP contribution in [0, 0.1) is 17.0 Å². The van der Waals surface area contributed by atoms with Crippen LogP contribution in [0.15, 0.2) is 60.0 Å². The monoisotopic (exact) mass is 375 g/mol. The van der Waals surface area contributed by atoms with Gasteiger partial charge in [-0.15, -0.1) is 6.58 Å². The maximum absolute atomic E-state index is 12.4. The van der Waals surface area contributed by atoms with Crippen LogP contribution >= 0.6 is 0 Å². The van der Waals surface area contributed by atoms with Crippen molar-refractivity contribution in [2.75, 3.05) is 11.9 Å². The van der Waals surface area contributed by atoms with Crippen molar-refractivity contribution in [3.63, 3.8) is 0 Å². The van der Waals surface area contributed by atoms with Crippen molar-refractivity contribution >= 4 is 27.3 Å². The zero-order valence-corrected chi connectivity index (χ0v) is 14.7. The molecule has 8 nitrogen and oxygen atoms in total. The normalized spacial score (nSPS) is 11.0. The molecule has 0 aliphatic heterocycles. The Kier molecular flexibility index (Phi) is 5.86. The lowest BCUT2D eigenvalue weighted by molar-refractivity contribution is -0.384. The first kappa shape index (κ1) is 19.3. The highest BCUT2D eigenvalue weighted by Gasteiger charge is 2.17. The van der Waals surface area contributed by atoms with Gasteiger partial charge in [-0.25, -0.2) is 13.1 Å². The van der Waals surface area contributed by atoms with Gasteiger partial charge in [-0.05, 0) is 30.7 Å². The number of carbonyl (C=O) groups is 1. The number of rotatable bonds is 7. The number of carbonyl (C=O) groups excluding carboxylic acids is 1. The molecule has 2 aromatic carbocycles. The zero-order chi connectivity index (χ0) is 19.3. The molecule has 0 aliphatic rings. The maximum atomic E-state index is 12.4. The van der Waals surface area contributed by atoms with E-state index in [0.717, 1.165) is 0 Å². The van der Waals surface area contributed by atoms with Crippen molar-refractivity contribution in [3.8, 4) is 0 Å². The lowest BCUT2D eigenvalue weighted by Crippen LogP contribution is -2.24. The smallest absolute Gasteiger partial charge is 0.271 e. The molecule has 2 aromatic rings. The first-order valence-electron chi connectivity index (χ1n) is 7.51. The highest BCUT2D eigenvalue weighted by Crippen LogP contribution is 2.23. The molecule has 0 radical (unpaired) electrons. The minimum absolute atomic E-state index is 0.0611. The van der Waals surface area contributed by atoms with Gasteiger partial charge in [0, 0.05) is 24.2 Å². The zero-order valence-electron chi connectivity index (χ0n) is 13.9. The number of nitro groups is 1. The Labute approximate surface area is 150 Å². The number of hydrogen-bond acceptors (Lipinski definition) is 5. The highest BCUT2D eigenvalue weighted by molar-refractivity contribution is 7.89. The van der Waals surface area contributed by atoms with E-state index in [0.29, 0.717) is 5.56 Å². The molecule has 2 N–H and O–H groups in total. The summed E-state index contributed by atoms with van der Waals surface area (Å²) in [5, 5.41) is 13.4. The molecule has 136 valence electrons. The van der Waals surface area contributed by atoms with Crippen LogP contribution in [0.25, 0.3) is 0 Å². The molecule has 0 heterocycles. The van der Waals surface area contributed by atoms with Gasteiger partial charge in [0.2, 0.25) is 10.0 Å². The summed E-state index contributed by atoms with van der Waals surface area (Å²) < 4.78 is 26.6. The van der Waals surface area contributed by atoms with E-state index in [2.05, 4.69) is 16.6 Å². The van der Waals surface area contributed by atoms with Gasteiger partial charge in [-0.3, -0.25) is 14.9 Å². The van der Waals surface area contributed by atoms with Gasteiger partial charge in [0.15, 0.2) is 0 Å². The van der Waals surface area contributed by atoms with Crippen LogP contribution in [-0.2, 0) is 10.0 Å². The van der Waals surface area contributed by atoms with E-state index >= 15 is 0 Å². The molecule has 0 saturated heterocycles. The molecule has 9 heteroatoms. The van der Waals surface area contributed by atoms with Crippen molar-refractivity contribution in [2.45, 2.75) is 11.8 Å². The van der Waals surface area contributed by atoms with Gasteiger partial charge in [0.1, 0.15) is 0 Å². The molecule has 0 fully saturated rings. The first-order valence-corrected chi connectivity index (χ1v) is 9.00. The second-order valence-electron chi connectivity index (χ2n) is 5.38. The largest absolute Gasteiger partial charge is 0.321 e. The average molecular weight is 375 g/mol. The second kappa shape index (κ2) is 7.89. The van der Waals surface area contributed by atoms with E-state index in [9.17, 15) is 23.3 Å². The lowest BCUT2D eigenvalue weighted by atomic mass is 10.1. The van der Waals surface area contributed by atoms with Crippen LogP contribution in [0.5, 0.6) is 0 Å². The minimum Gasteiger partial charge on any atom is -0.321 e. The third-order valence-electron chi connectivity index (χ3n) is 3.50. The molecular formula is C17H17N3O5S. The minimum atomic E-state index is -3.77. The Balaban J connectivity index is 2.29. The molecule has 0 bridgehead atoms. The van der Waals surface area contributed by atoms with Crippen molar-refractivity contribution in [1.29, 1.82) is 0 Å². The topological polar surface area (TPSA) is 118 Å². The van der Waals surface area contributed by atoms with Crippen molar-refractivity contribution in [2.24, 2.45) is 0 Å². The predicted molar refractivity (Wildman–Crippen MR) is 97.6 cm³/mol. The number of non-ortho nitro benzene ring substituents is 1. The summed E-state index contributed by atoms with van der Waals surface area (Å²) in [6.45, 7) is 5.19. The summed E-state index contributed by atoms with van der Waals surface area (Å²) in [6, 6.07) is 9.59. The number of sulfonamides is 1. The van der Waals surface area contributed by atoms with E-state index in [1.807, 2.05) is 0 Å². The SMILES string of the molecule is C=CCNS(=O)(=O)c1cccc(C(=O)Nc2cc([N+](=O)[O-])ccc2C)c1. The lowest BCUT2D eigenvalue weighted by Gasteiger charge is -2.10. The van der Waals surface area contributed by atoms with Crippen molar-refractivity contribution in [3.05, 3.63) is 76.4 Å². The number of benzene rings is 2. The van der Waals surface area contributed by atoms with E-state index in [1.165, 1.54) is 48.5 Å². The molecule has 0 atom stereocenters. The van der Waals surface area contributed by atoms with Gasteiger partial charge in [-0.1, -0.05) is 18.2 Å². The summed E-state index contributed by atoms with van der Waals surface area (Å²) in [5.74, 6) is -0.575. The Hall–Kier alpha value is -3.04. The van der Waals surface area contributed by atoms with Crippen molar-refractivity contribution in [1.82, 2.24) is 4.72 Å². The molecule has 0 aromatic heterocycles. The van der Waals surface area contributed by atoms with Crippen LogP contribution < -0.4 is 10.0 Å². The van der Waals surface area contributed by atoms with Crippen LogP contribution in [0.3, 0.4) is 0 Å². The molecule has 0 saturated carbocycles. The Morgan fingerprint density at radius 1 is 1.27 bits per heavy atom. The van der Waals surface area contributed by atoms with E-state index < -0.39 is 20.9 Å². The summed E-state index contributed by atoms with van der Waals surface area (Å²) in [7, 11) is -3.77. The molecule has 0 spiro atoms. The Morgan fingerprint density at radius 3 is 2.65 bits per heavy atom. The molecule has 26 heavy (non-hydrogen) atoms. The molecule has 0 unspecified atom stereocenters. The summed E-state index contributed by atoms with van der Waals surface area (Å²) >= 11 is 0. The number of nitro benzene ring substituents is 1. The number of nitrogens with one attached hydrogen (secondary N) is 2. The Bertz CT molecular complexity index is 970. The number of anilines is 1. The fourth-order valence-electron chi connectivity index (χ4n) is 2.11. The molecule has 2 rings (SSSR count). The van der Waals surface area contributed by atoms with Gasteiger partial charge in [0.25, 0.3) is 11.6 Å². The Morgan fingerprint density at radius 2 is 2.00 bits per heavy atom. The predicted octanol–water partition coefficient (Wildman–Crippen LogP) is 2.62. The highest BCUT2D eigenvalue weighted by atomic mass is 32.2. The molecular weight excluding hydrogens is 358 g/mol. The first-order chi connectivity index (χ1) is 12.2. The maximum Gasteiger partial charge on any atom is 0.271 e. The van der Waals surface area contributed by atoms with Crippen molar-refractivity contribution < 1.29 is 18.1 Å². The van der Waals surface area contributed by atoms with E-state index in [1.54, 1.807) is 6.92 Å². The summed E-state index contributed by atoms with van der Waals surface area (Å²) in [4.78, 5) is 22.7. The quantitative estimate of drug-likeness (QED) is 0.438. The van der Waals surface area contributed by atoms with Gasteiger partial charge >= 0.3 is 0 Å². The summed E-state index contributed by atoms with van der Waals surface area (Å²) in [5.41, 5.74) is 0.871. The summed E-state index contributed by atoms with van der Waals surface area (Å²) in [6.07, 6.45) is 1.40. The fourth-order valence-corrected chi connectivity index (χ4v) is 3.15. The molecule has 0 aliphatic carbocycles. The van der Waals surface area contributed by atoms with Crippen LogP contribution in [0.1, 0.15) is 15.9 Å². The van der Waals surface area contributed by atoms with Gasteiger partial charge < -0.3 is 5.32 Å². The third kappa shape index (κ3) is 4.52. The average Bonchev–Trinajstić information content (AvgIpc) is 2.61. The number of aryl methyl sites for hydroxylation is 1. The number of hydrogen-bond donors (Lipinski definition) is 2. The van der Waals surface area contributed by atoms with Gasteiger partial charge in [-0.2, -0.15) is 0 Å². The molecule has 1 amide bonds. The fraction of sp³-hybridized carbons (Fsp3) is 0.118. The van der Waals surface area contributed by atoms with Gasteiger partial charge in [0.05, 0.1) is 15.5 Å². The third-order valence-corrected chi connectivity index (χ3v) is 4.93. The van der Waals surface area contributed by atoms with E-state index in [-0.39, 0.29) is 28.4 Å². The van der Waals surface area contributed by atoms with Crippen LogP contribution in [0.2, 0.25) is 0 Å². The van der Waals surface area contributed by atoms with E-state index in [4.69, 9.17) is 0 Å². The number of nitrogens with zero attached hydrogens (tertiary/aromatic N) is 1. The van der Waals surface area contributed by atoms with Crippen LogP contribution in [-0.4, -0.2) is 25.8 Å². The number of amides is 1. The second-order valence-corrected chi connectivity index (χ2v) is 7.15. The van der Waals surface area contributed by atoms with Crippen LogP contribution in [0.4, 0.5) is 11.4 Å². The standard InChI is InChI=1S/C17H17N3O5S/c1-3-9-18-26(24,25)15-6-4-5-13(10-15)17(21)19-16-11-14(20(22)23)8-7-12(16)2/h3-8,10-11,18H,1,9H2,2H3,(H,19,21).